The summed E-state index contributed by atoms with van der Waals surface area (Å²) in [6.45, 7) is 3.14. The number of carbonyl (C=O) groups is 2. The molecule has 3 aromatic rings. The minimum Gasteiger partial charge on any atom is -0.428 e. The predicted molar refractivity (Wildman–Crippen MR) is 118 cm³/mol. The summed E-state index contributed by atoms with van der Waals surface area (Å²) in [5.74, 6) is -1.92. The van der Waals surface area contributed by atoms with Crippen LogP contribution in [0.15, 0.2) is 53.6 Å². The lowest BCUT2D eigenvalue weighted by Gasteiger charge is -2.17. The lowest BCUT2D eigenvalue weighted by Crippen LogP contribution is -2.29. The highest BCUT2D eigenvalue weighted by atomic mass is 19.1. The van der Waals surface area contributed by atoms with Crippen LogP contribution in [0.4, 0.5) is 15.8 Å². The van der Waals surface area contributed by atoms with Crippen molar-refractivity contribution in [2.45, 2.75) is 33.2 Å². The molecule has 0 aliphatic carbocycles. The van der Waals surface area contributed by atoms with Gasteiger partial charge in [0.15, 0.2) is 0 Å². The number of pyridine rings is 1. The minimum atomic E-state index is -0.933. The molecule has 10 heteroatoms. The molecule has 0 amide bonds. The van der Waals surface area contributed by atoms with Crippen LogP contribution in [-0.2, 0) is 20.8 Å². The van der Waals surface area contributed by atoms with Gasteiger partial charge in [0.2, 0.25) is 6.79 Å². The van der Waals surface area contributed by atoms with Crippen molar-refractivity contribution >= 4 is 23.3 Å². The molecule has 0 saturated heterocycles. The van der Waals surface area contributed by atoms with Gasteiger partial charge in [-0.3, -0.25) is 14.6 Å². The second-order valence-corrected chi connectivity index (χ2v) is 6.91. The summed E-state index contributed by atoms with van der Waals surface area (Å²) in [5, 5.41) is 7.22. The highest BCUT2D eigenvalue weighted by molar-refractivity contribution is 6.02. The SMILES string of the molecule is CCCC(=O)OCOC(=O)c1c(-c2ccc(F)cc2)nn(CC)c(=O)c1Nc1cccnc1. The van der Waals surface area contributed by atoms with Crippen LogP contribution in [0.5, 0.6) is 0 Å². The third-order valence-corrected chi connectivity index (χ3v) is 4.57. The molecule has 2 aromatic heterocycles. The topological polar surface area (TPSA) is 112 Å². The molecular weight excluding hydrogens is 431 g/mol. The van der Waals surface area contributed by atoms with Crippen LogP contribution >= 0.6 is 0 Å². The summed E-state index contributed by atoms with van der Waals surface area (Å²) in [4.78, 5) is 41.8. The van der Waals surface area contributed by atoms with Crippen molar-refractivity contribution < 1.29 is 23.5 Å². The number of aromatic nitrogens is 3. The molecule has 0 saturated carbocycles. The van der Waals surface area contributed by atoms with Crippen LogP contribution < -0.4 is 10.9 Å². The number of carbonyl (C=O) groups excluding carboxylic acids is 2. The largest absolute Gasteiger partial charge is 0.428 e. The molecule has 9 nitrogen and oxygen atoms in total. The molecule has 33 heavy (non-hydrogen) atoms. The standard InChI is InChI=1S/C23H23FN4O5/c1-3-6-18(29)32-14-33-23(31)19-20(15-8-10-16(24)11-9-15)27-28(4-2)22(30)21(19)26-17-7-5-12-25-13-17/h5,7-13,26H,3-4,6,14H2,1-2H3. The third kappa shape index (κ3) is 5.79. The van der Waals surface area contributed by atoms with E-state index in [-0.39, 0.29) is 29.9 Å². The van der Waals surface area contributed by atoms with Crippen LogP contribution in [0.1, 0.15) is 37.0 Å². The van der Waals surface area contributed by atoms with Crippen molar-refractivity contribution in [2.24, 2.45) is 0 Å². The van der Waals surface area contributed by atoms with Gasteiger partial charge in [-0.1, -0.05) is 6.92 Å². The molecule has 2 heterocycles. The third-order valence-electron chi connectivity index (χ3n) is 4.57. The maximum Gasteiger partial charge on any atom is 0.345 e. The van der Waals surface area contributed by atoms with E-state index >= 15 is 0 Å². The maximum atomic E-state index is 13.5. The number of anilines is 2. The fourth-order valence-corrected chi connectivity index (χ4v) is 2.99. The first-order valence-corrected chi connectivity index (χ1v) is 10.3. The second kappa shape index (κ2) is 11.0. The highest BCUT2D eigenvalue weighted by Crippen LogP contribution is 2.28. The Morgan fingerprint density at radius 1 is 1.12 bits per heavy atom. The number of rotatable bonds is 9. The van der Waals surface area contributed by atoms with Gasteiger partial charge >= 0.3 is 11.9 Å². The average Bonchev–Trinajstić information content (AvgIpc) is 2.81. The molecule has 0 unspecified atom stereocenters. The summed E-state index contributed by atoms with van der Waals surface area (Å²) >= 11 is 0. The lowest BCUT2D eigenvalue weighted by molar-refractivity contribution is -0.152. The van der Waals surface area contributed by atoms with E-state index < -0.39 is 30.1 Å². The molecule has 0 atom stereocenters. The Kier molecular flexibility index (Phi) is 7.85. The van der Waals surface area contributed by atoms with E-state index in [0.29, 0.717) is 17.7 Å². The van der Waals surface area contributed by atoms with Crippen molar-refractivity contribution in [1.29, 1.82) is 0 Å². The number of nitrogens with zero attached hydrogens (tertiary/aromatic N) is 3. The van der Waals surface area contributed by atoms with Crippen LogP contribution in [0, 0.1) is 5.82 Å². The van der Waals surface area contributed by atoms with Gasteiger partial charge < -0.3 is 14.8 Å². The molecule has 1 N–H and O–H groups in total. The number of halogens is 1. The zero-order chi connectivity index (χ0) is 23.8. The van der Waals surface area contributed by atoms with Gasteiger partial charge in [0.25, 0.3) is 5.56 Å². The smallest absolute Gasteiger partial charge is 0.345 e. The van der Waals surface area contributed by atoms with Gasteiger partial charge in [-0.25, -0.2) is 13.9 Å². The number of esters is 2. The second-order valence-electron chi connectivity index (χ2n) is 6.91. The van der Waals surface area contributed by atoms with E-state index in [1.165, 1.54) is 35.1 Å². The molecule has 172 valence electrons. The van der Waals surface area contributed by atoms with Crippen LogP contribution in [0.25, 0.3) is 11.3 Å². The number of hydrogen-bond donors (Lipinski definition) is 1. The average molecular weight is 454 g/mol. The summed E-state index contributed by atoms with van der Waals surface area (Å²) in [6, 6.07) is 8.64. The lowest BCUT2D eigenvalue weighted by atomic mass is 10.0. The Balaban J connectivity index is 2.10. The number of aryl methyl sites for hydroxylation is 1. The molecule has 1 aromatic carbocycles. The fourth-order valence-electron chi connectivity index (χ4n) is 2.99. The van der Waals surface area contributed by atoms with Gasteiger partial charge in [0.05, 0.1) is 11.9 Å². The van der Waals surface area contributed by atoms with Gasteiger partial charge in [0.1, 0.15) is 22.8 Å². The molecule has 0 aliphatic rings. The quantitative estimate of drug-likeness (QED) is 0.385. The van der Waals surface area contributed by atoms with E-state index in [9.17, 15) is 18.8 Å². The Labute approximate surface area is 189 Å². The summed E-state index contributed by atoms with van der Waals surface area (Å²) in [7, 11) is 0. The number of hydrogen-bond acceptors (Lipinski definition) is 8. The van der Waals surface area contributed by atoms with Crippen LogP contribution in [-0.4, -0.2) is 33.5 Å². The van der Waals surface area contributed by atoms with Gasteiger partial charge in [-0.15, -0.1) is 0 Å². The number of benzene rings is 1. The molecule has 0 bridgehead atoms. The van der Waals surface area contributed by atoms with Gasteiger partial charge in [-0.2, -0.15) is 5.10 Å². The van der Waals surface area contributed by atoms with Crippen molar-refractivity contribution in [3.05, 3.63) is 70.5 Å². The summed E-state index contributed by atoms with van der Waals surface area (Å²) in [5.41, 5.74) is 0.116. The fraction of sp³-hybridized carbons (Fsp3) is 0.261. The maximum absolute atomic E-state index is 13.5. The normalized spacial score (nSPS) is 10.5. The first kappa shape index (κ1) is 23.6. The van der Waals surface area contributed by atoms with E-state index in [4.69, 9.17) is 9.47 Å². The van der Waals surface area contributed by atoms with E-state index in [1.54, 1.807) is 25.3 Å². The number of nitrogens with one attached hydrogen (secondary N) is 1. The zero-order valence-corrected chi connectivity index (χ0v) is 18.2. The first-order chi connectivity index (χ1) is 15.9. The van der Waals surface area contributed by atoms with Crippen LogP contribution in [0.2, 0.25) is 0 Å². The highest BCUT2D eigenvalue weighted by Gasteiger charge is 2.26. The van der Waals surface area contributed by atoms with Crippen molar-refractivity contribution in [3.8, 4) is 11.3 Å². The summed E-state index contributed by atoms with van der Waals surface area (Å²) in [6.07, 6.45) is 3.81. The molecular formula is C23H23FN4O5. The Hall–Kier alpha value is -4.08. The molecule has 0 radical (unpaired) electrons. The van der Waals surface area contributed by atoms with Crippen LogP contribution in [0.3, 0.4) is 0 Å². The van der Waals surface area contributed by atoms with E-state index in [2.05, 4.69) is 15.4 Å². The Morgan fingerprint density at radius 3 is 2.52 bits per heavy atom. The molecule has 3 rings (SSSR count). The Bertz CT molecular complexity index is 1180. The van der Waals surface area contributed by atoms with Crippen molar-refractivity contribution in [1.82, 2.24) is 14.8 Å². The predicted octanol–water partition coefficient (Wildman–Crippen LogP) is 3.67. The van der Waals surface area contributed by atoms with Crippen molar-refractivity contribution in [3.63, 3.8) is 0 Å². The van der Waals surface area contributed by atoms with Gasteiger partial charge in [0, 0.05) is 24.7 Å². The zero-order valence-electron chi connectivity index (χ0n) is 18.2. The first-order valence-electron chi connectivity index (χ1n) is 10.3. The summed E-state index contributed by atoms with van der Waals surface area (Å²) < 4.78 is 24.7. The Morgan fingerprint density at radius 2 is 1.88 bits per heavy atom. The van der Waals surface area contributed by atoms with E-state index in [1.807, 2.05) is 6.92 Å². The molecule has 0 spiro atoms. The monoisotopic (exact) mass is 454 g/mol. The number of ether oxygens (including phenoxy) is 2. The van der Waals surface area contributed by atoms with Gasteiger partial charge in [-0.05, 0) is 49.7 Å². The molecule has 0 aliphatic heterocycles. The van der Waals surface area contributed by atoms with Crippen molar-refractivity contribution in [2.75, 3.05) is 12.1 Å². The molecule has 0 fully saturated rings. The minimum absolute atomic E-state index is 0.0935. The van der Waals surface area contributed by atoms with E-state index in [0.717, 1.165) is 0 Å².